The molecule has 0 N–H and O–H groups in total. The van der Waals surface area contributed by atoms with Gasteiger partial charge in [-0.15, -0.1) is 11.3 Å². The molecular formula is C16H25N5S. The summed E-state index contributed by atoms with van der Waals surface area (Å²) >= 11 is 1.82. The molecule has 2 aromatic heterocycles. The van der Waals surface area contributed by atoms with Gasteiger partial charge in [-0.25, -0.2) is 9.97 Å². The molecule has 3 rings (SSSR count). The molecule has 1 saturated heterocycles. The number of aryl methyl sites for hydroxylation is 1. The third kappa shape index (κ3) is 4.36. The predicted octanol–water partition coefficient (Wildman–Crippen LogP) is 2.99. The normalized spacial score (nSPS) is 19.6. The zero-order valence-corrected chi connectivity index (χ0v) is 14.1. The molecule has 0 radical (unpaired) electrons. The van der Waals surface area contributed by atoms with Crippen molar-refractivity contribution in [1.29, 1.82) is 0 Å². The molecule has 1 atom stereocenters. The molecule has 22 heavy (non-hydrogen) atoms. The van der Waals surface area contributed by atoms with Gasteiger partial charge in [0.1, 0.15) is 12.7 Å². The Morgan fingerprint density at radius 1 is 1.41 bits per heavy atom. The third-order valence-electron chi connectivity index (χ3n) is 4.24. The Balaban J connectivity index is 1.50. The molecule has 120 valence electrons. The van der Waals surface area contributed by atoms with Crippen molar-refractivity contribution < 1.29 is 0 Å². The van der Waals surface area contributed by atoms with Crippen LogP contribution in [-0.4, -0.2) is 37.7 Å². The number of unbranched alkanes of at least 4 members (excludes halogenated alkanes) is 1. The topological polar surface area (TPSA) is 46.8 Å². The molecule has 3 heterocycles. The minimum Gasteiger partial charge on any atom is -0.297 e. The van der Waals surface area contributed by atoms with Crippen molar-refractivity contribution in [1.82, 2.24) is 24.6 Å². The smallest absolute Gasteiger partial charge is 0.137 e. The first-order valence-electron chi connectivity index (χ1n) is 8.31. The molecule has 0 aromatic carbocycles. The van der Waals surface area contributed by atoms with Crippen LogP contribution in [0.25, 0.3) is 0 Å². The zero-order chi connectivity index (χ0) is 15.2. The maximum Gasteiger partial charge on any atom is 0.137 e. The molecule has 1 fully saturated rings. The standard InChI is InChI=1S/C16H25N5S/c1-2-3-6-16-19-15(11-22-16)10-20-7-4-5-14(8-20)9-21-13-17-12-18-21/h11-14H,2-10H2,1H3/t14-/m1/s1. The maximum absolute atomic E-state index is 4.79. The number of hydrogen-bond donors (Lipinski definition) is 0. The Kier molecular flexibility index (Phi) is 5.56. The molecule has 1 aliphatic heterocycles. The van der Waals surface area contributed by atoms with E-state index in [9.17, 15) is 0 Å². The summed E-state index contributed by atoms with van der Waals surface area (Å²) in [5.41, 5.74) is 1.25. The zero-order valence-electron chi connectivity index (χ0n) is 13.3. The van der Waals surface area contributed by atoms with Crippen molar-refractivity contribution in [2.45, 2.75) is 52.1 Å². The van der Waals surface area contributed by atoms with E-state index >= 15 is 0 Å². The quantitative estimate of drug-likeness (QED) is 0.787. The molecule has 0 bridgehead atoms. The lowest BCUT2D eigenvalue weighted by Gasteiger charge is -2.32. The monoisotopic (exact) mass is 319 g/mol. The van der Waals surface area contributed by atoms with Crippen molar-refractivity contribution in [3.63, 3.8) is 0 Å². The van der Waals surface area contributed by atoms with Crippen LogP contribution in [0.5, 0.6) is 0 Å². The van der Waals surface area contributed by atoms with E-state index < -0.39 is 0 Å². The van der Waals surface area contributed by atoms with Crippen LogP contribution >= 0.6 is 11.3 Å². The average Bonchev–Trinajstić information content (AvgIpc) is 3.17. The van der Waals surface area contributed by atoms with Gasteiger partial charge in [0.25, 0.3) is 0 Å². The molecule has 0 spiro atoms. The van der Waals surface area contributed by atoms with Crippen LogP contribution in [0.1, 0.15) is 43.3 Å². The summed E-state index contributed by atoms with van der Waals surface area (Å²) in [6.45, 7) is 6.54. The van der Waals surface area contributed by atoms with E-state index in [4.69, 9.17) is 4.98 Å². The highest BCUT2D eigenvalue weighted by Gasteiger charge is 2.21. The first-order valence-corrected chi connectivity index (χ1v) is 9.19. The van der Waals surface area contributed by atoms with Crippen LogP contribution in [0.15, 0.2) is 18.0 Å². The van der Waals surface area contributed by atoms with E-state index in [-0.39, 0.29) is 0 Å². The number of thiazole rings is 1. The molecule has 0 aliphatic carbocycles. The van der Waals surface area contributed by atoms with Crippen molar-refractivity contribution in [2.24, 2.45) is 5.92 Å². The molecular weight excluding hydrogens is 294 g/mol. The number of likely N-dealkylation sites (tertiary alicyclic amines) is 1. The molecule has 0 unspecified atom stereocenters. The van der Waals surface area contributed by atoms with Gasteiger partial charge >= 0.3 is 0 Å². The lowest BCUT2D eigenvalue weighted by atomic mass is 9.98. The Hall–Kier alpha value is -1.27. The fourth-order valence-corrected chi connectivity index (χ4v) is 3.96. The summed E-state index contributed by atoms with van der Waals surface area (Å²) in [6, 6.07) is 0. The highest BCUT2D eigenvalue weighted by Crippen LogP contribution is 2.21. The summed E-state index contributed by atoms with van der Waals surface area (Å²) in [7, 11) is 0. The fraction of sp³-hybridized carbons (Fsp3) is 0.688. The van der Waals surface area contributed by atoms with Gasteiger partial charge in [0.15, 0.2) is 0 Å². The minimum atomic E-state index is 0.675. The van der Waals surface area contributed by atoms with Crippen molar-refractivity contribution in [3.05, 3.63) is 28.7 Å². The van der Waals surface area contributed by atoms with Crippen LogP contribution in [-0.2, 0) is 19.5 Å². The Labute approximate surface area is 136 Å². The van der Waals surface area contributed by atoms with Gasteiger partial charge in [-0.1, -0.05) is 13.3 Å². The maximum atomic E-state index is 4.79. The highest BCUT2D eigenvalue weighted by molar-refractivity contribution is 7.09. The van der Waals surface area contributed by atoms with Gasteiger partial charge in [-0.3, -0.25) is 9.58 Å². The second kappa shape index (κ2) is 7.83. The van der Waals surface area contributed by atoms with E-state index in [1.54, 1.807) is 6.33 Å². The summed E-state index contributed by atoms with van der Waals surface area (Å²) in [5, 5.41) is 7.77. The fourth-order valence-electron chi connectivity index (χ4n) is 3.13. The van der Waals surface area contributed by atoms with Gasteiger partial charge in [0.05, 0.1) is 10.7 Å². The number of rotatable bonds is 7. The van der Waals surface area contributed by atoms with E-state index in [2.05, 4.69) is 27.3 Å². The van der Waals surface area contributed by atoms with Crippen LogP contribution in [0.4, 0.5) is 0 Å². The summed E-state index contributed by atoms with van der Waals surface area (Å²) < 4.78 is 1.96. The van der Waals surface area contributed by atoms with Crippen molar-refractivity contribution in [3.8, 4) is 0 Å². The van der Waals surface area contributed by atoms with Gasteiger partial charge in [0.2, 0.25) is 0 Å². The minimum absolute atomic E-state index is 0.675. The van der Waals surface area contributed by atoms with Crippen LogP contribution in [0.3, 0.4) is 0 Å². The largest absolute Gasteiger partial charge is 0.297 e. The molecule has 0 saturated carbocycles. The first kappa shape index (κ1) is 15.6. The van der Waals surface area contributed by atoms with E-state index in [0.29, 0.717) is 5.92 Å². The molecule has 2 aromatic rings. The third-order valence-corrected chi connectivity index (χ3v) is 5.20. The highest BCUT2D eigenvalue weighted by atomic mass is 32.1. The Morgan fingerprint density at radius 2 is 2.36 bits per heavy atom. The Morgan fingerprint density at radius 3 is 3.18 bits per heavy atom. The molecule has 5 nitrogen and oxygen atoms in total. The van der Waals surface area contributed by atoms with Crippen LogP contribution in [0, 0.1) is 5.92 Å². The van der Waals surface area contributed by atoms with Gasteiger partial charge in [-0.05, 0) is 38.1 Å². The van der Waals surface area contributed by atoms with Gasteiger partial charge < -0.3 is 0 Å². The number of piperidine rings is 1. The number of hydrogen-bond acceptors (Lipinski definition) is 5. The molecule has 6 heteroatoms. The van der Waals surface area contributed by atoms with Gasteiger partial charge in [0, 0.05) is 25.0 Å². The lowest BCUT2D eigenvalue weighted by molar-refractivity contribution is 0.152. The van der Waals surface area contributed by atoms with Crippen molar-refractivity contribution >= 4 is 11.3 Å². The summed E-state index contributed by atoms with van der Waals surface area (Å²) in [4.78, 5) is 11.4. The SMILES string of the molecule is CCCCc1nc(CN2CCC[C@@H](Cn3cncn3)C2)cs1. The van der Waals surface area contributed by atoms with Crippen LogP contribution < -0.4 is 0 Å². The Bertz CT molecular complexity index is 551. The van der Waals surface area contributed by atoms with E-state index in [1.807, 2.05) is 22.3 Å². The van der Waals surface area contributed by atoms with Crippen molar-refractivity contribution in [2.75, 3.05) is 13.1 Å². The predicted molar refractivity (Wildman–Crippen MR) is 88.7 cm³/mol. The number of nitrogens with zero attached hydrogens (tertiary/aromatic N) is 5. The van der Waals surface area contributed by atoms with Gasteiger partial charge in [-0.2, -0.15) is 5.10 Å². The second-order valence-corrected chi connectivity index (χ2v) is 7.14. The van der Waals surface area contributed by atoms with E-state index in [1.165, 1.54) is 42.9 Å². The lowest BCUT2D eigenvalue weighted by Crippen LogP contribution is -2.36. The first-order chi connectivity index (χ1) is 10.8. The second-order valence-electron chi connectivity index (χ2n) is 6.20. The van der Waals surface area contributed by atoms with Crippen LogP contribution in [0.2, 0.25) is 0 Å². The molecule has 0 amide bonds. The molecule has 1 aliphatic rings. The van der Waals surface area contributed by atoms with E-state index in [0.717, 1.165) is 26.1 Å². The summed E-state index contributed by atoms with van der Waals surface area (Å²) in [6.07, 6.45) is 9.62. The summed E-state index contributed by atoms with van der Waals surface area (Å²) in [5.74, 6) is 0.675. The number of aromatic nitrogens is 4. The average molecular weight is 319 g/mol.